The van der Waals surface area contributed by atoms with Crippen molar-refractivity contribution in [3.8, 4) is 78.8 Å². The summed E-state index contributed by atoms with van der Waals surface area (Å²) in [6.07, 6.45) is 16.4. The zero-order valence-corrected chi connectivity index (χ0v) is 52.0. The molecule has 10 aromatic rings. The topological polar surface area (TPSA) is 200 Å². The molecule has 21 nitrogen and oxygen atoms in total. The van der Waals surface area contributed by atoms with E-state index >= 15 is 0 Å². The summed E-state index contributed by atoms with van der Waals surface area (Å²) in [5.74, 6) is 3.13. The highest BCUT2D eigenvalue weighted by molar-refractivity contribution is 7.86. The lowest BCUT2D eigenvalue weighted by Gasteiger charge is -2.36. The molecule has 0 saturated carbocycles. The molecule has 0 amide bonds. The summed E-state index contributed by atoms with van der Waals surface area (Å²) in [5, 5.41) is 21.9. The van der Waals surface area contributed by atoms with Gasteiger partial charge in [-0.3, -0.25) is 18.7 Å². The predicted octanol–water partition coefficient (Wildman–Crippen LogP) is 8.90. The number of anilines is 2. The summed E-state index contributed by atoms with van der Waals surface area (Å²) in [4.78, 5) is 24.4. The number of fused-ring (bicyclic) bond motifs is 6. The normalized spacial score (nSPS) is 14.5. The Morgan fingerprint density at radius 1 is 0.522 bits per heavy atom. The Labute approximate surface area is 528 Å². The zero-order valence-electron chi connectivity index (χ0n) is 51.1. The number of nitrogens with one attached hydrogen (secondary N) is 1. The van der Waals surface area contributed by atoms with Gasteiger partial charge in [-0.2, -0.15) is 37.4 Å². The van der Waals surface area contributed by atoms with E-state index in [4.69, 9.17) is 39.6 Å². The van der Waals surface area contributed by atoms with Gasteiger partial charge in [-0.05, 0) is 60.1 Å². The molecule has 468 valence electrons. The summed E-state index contributed by atoms with van der Waals surface area (Å²) in [6, 6.07) is 29.8. The fourth-order valence-electron chi connectivity index (χ4n) is 12.6. The van der Waals surface area contributed by atoms with E-state index in [1.165, 1.54) is 19.9 Å². The number of piperazine rings is 2. The maximum atomic E-state index is 12.6. The highest BCUT2D eigenvalue weighted by Crippen LogP contribution is 2.42. The third-order valence-electron chi connectivity index (χ3n) is 17.3. The van der Waals surface area contributed by atoms with Crippen molar-refractivity contribution >= 4 is 21.6 Å². The molecule has 2 aliphatic heterocycles. The third-order valence-corrected chi connectivity index (χ3v) is 19.2. The fourth-order valence-corrected chi connectivity index (χ4v) is 13.7. The molecule has 22 heteroatoms. The second kappa shape index (κ2) is 26.2. The minimum Gasteiger partial charge on any atom is -0.496 e. The second-order valence-corrected chi connectivity index (χ2v) is 25.3. The first kappa shape index (κ1) is 62.5. The largest absolute Gasteiger partial charge is 0.496 e. The van der Waals surface area contributed by atoms with Gasteiger partial charge in [-0.15, -0.1) is 0 Å². The van der Waals surface area contributed by atoms with Gasteiger partial charge < -0.3 is 24.6 Å². The van der Waals surface area contributed by atoms with Crippen molar-refractivity contribution in [1.82, 2.24) is 73.0 Å². The number of hydrogen-bond acceptors (Lipinski definition) is 15. The Morgan fingerprint density at radius 3 is 1.34 bits per heavy atom. The molecular formula is C68H81N17O4S. The number of methoxy groups -OCH3 is 2. The van der Waals surface area contributed by atoms with Crippen LogP contribution in [0.4, 0.5) is 11.4 Å². The van der Waals surface area contributed by atoms with Crippen LogP contribution in [0.25, 0.3) is 67.3 Å². The van der Waals surface area contributed by atoms with E-state index in [9.17, 15) is 8.42 Å². The van der Waals surface area contributed by atoms with Crippen LogP contribution in [0.2, 0.25) is 0 Å². The van der Waals surface area contributed by atoms with Crippen LogP contribution in [0.5, 0.6) is 11.5 Å². The van der Waals surface area contributed by atoms with Crippen molar-refractivity contribution in [3.63, 3.8) is 0 Å². The summed E-state index contributed by atoms with van der Waals surface area (Å²) < 4.78 is 47.2. The number of hydrogen-bond donors (Lipinski definition) is 1. The Balaban J connectivity index is 0.000000183. The van der Waals surface area contributed by atoms with Crippen molar-refractivity contribution in [3.05, 3.63) is 167 Å². The standard InChI is InChI=1S/C34H39N9O3S.C32H34N8O.2CH4/c1-39(2)47(44,45)43-16-14-42(15-17-43)28-12-10-25(30(19-28)46-5)18-31-35-20-26-11-13-29-32(33(26)37-31)34(41(4)38-29)24-8-6-23(7-9-24)27-21-36-40(3)22-27;1-38-20-25(19-35-38)21-4-6-22(7-5-21)32-30-27(37-39(32)2)11-9-24-18-34-29(36-31(24)30)16-23-8-10-26(17-28(23)41-3)40-14-12-33-13-15-40;;/h6-10,12,19-22H,11,13-18H2,1-5H3;4-8,10,17-20,33H,9,11-16H2,1-3H3;2*1H4. The monoisotopic (exact) mass is 1230 g/mol. The van der Waals surface area contributed by atoms with Gasteiger partial charge in [0.15, 0.2) is 0 Å². The first-order chi connectivity index (χ1) is 42.7. The van der Waals surface area contributed by atoms with Gasteiger partial charge in [0.1, 0.15) is 23.1 Å². The lowest BCUT2D eigenvalue weighted by molar-refractivity contribution is 0.355. The van der Waals surface area contributed by atoms with Crippen LogP contribution >= 0.6 is 0 Å². The van der Waals surface area contributed by atoms with E-state index < -0.39 is 10.2 Å². The smallest absolute Gasteiger partial charge is 0.281 e. The van der Waals surface area contributed by atoms with Gasteiger partial charge in [-0.25, -0.2) is 19.9 Å². The van der Waals surface area contributed by atoms with E-state index in [1.807, 2.05) is 90.2 Å². The van der Waals surface area contributed by atoms with Gasteiger partial charge in [-0.1, -0.05) is 75.5 Å². The van der Waals surface area contributed by atoms with Crippen LogP contribution in [0, 0.1) is 0 Å². The van der Waals surface area contributed by atoms with Crippen LogP contribution in [0.3, 0.4) is 0 Å². The molecule has 14 rings (SSSR count). The van der Waals surface area contributed by atoms with Gasteiger partial charge in [0, 0.05) is 200 Å². The molecule has 0 atom stereocenters. The molecule has 2 fully saturated rings. The third kappa shape index (κ3) is 12.4. The molecule has 0 spiro atoms. The lowest BCUT2D eigenvalue weighted by atomic mass is 9.91. The van der Waals surface area contributed by atoms with E-state index in [-0.39, 0.29) is 14.9 Å². The Bertz CT molecular complexity index is 4310. The van der Waals surface area contributed by atoms with Crippen LogP contribution in [-0.4, -0.2) is 157 Å². The van der Waals surface area contributed by atoms with Crippen molar-refractivity contribution in [2.45, 2.75) is 53.4 Å². The van der Waals surface area contributed by atoms with Crippen LogP contribution in [0.15, 0.2) is 122 Å². The molecule has 0 bridgehead atoms. The average Bonchev–Trinajstić information content (AvgIpc) is 1.81. The predicted molar refractivity (Wildman–Crippen MR) is 355 cm³/mol. The van der Waals surface area contributed by atoms with E-state index in [0.717, 1.165) is 170 Å². The van der Waals surface area contributed by atoms with Crippen molar-refractivity contribution in [2.24, 2.45) is 28.2 Å². The molecule has 0 radical (unpaired) electrons. The van der Waals surface area contributed by atoms with Crippen molar-refractivity contribution < 1.29 is 17.9 Å². The second-order valence-electron chi connectivity index (χ2n) is 23.1. The molecule has 4 aliphatic rings. The minimum atomic E-state index is -3.42. The van der Waals surface area contributed by atoms with E-state index in [0.29, 0.717) is 44.8 Å². The number of benzene rings is 4. The maximum absolute atomic E-state index is 12.6. The summed E-state index contributed by atoms with van der Waals surface area (Å²) >= 11 is 0. The molecule has 4 aromatic carbocycles. The Hall–Kier alpha value is -9.09. The number of aryl methyl sites for hydroxylation is 8. The SMILES string of the molecule is C.C.COc1cc(N2CCN(S(=O)(=O)N(C)C)CC2)ccc1Cc1ncc2c(n1)-c1c(nn(C)c1-c1ccc(-c3cnn(C)c3)cc1)CC2.COc1cc(N2CCNCC2)ccc1Cc1ncc2c(n1)-c1c(nn(C)c1-c1ccc(-c3cnn(C)c3)cc1)CC2. The van der Waals surface area contributed by atoms with E-state index in [2.05, 4.69) is 104 Å². The van der Waals surface area contributed by atoms with Crippen LogP contribution in [-0.2, 0) is 76.9 Å². The summed E-state index contributed by atoms with van der Waals surface area (Å²) in [5.41, 5.74) is 21.6. The summed E-state index contributed by atoms with van der Waals surface area (Å²) in [7, 11) is 11.0. The molecule has 2 saturated heterocycles. The van der Waals surface area contributed by atoms with Crippen LogP contribution < -0.4 is 24.6 Å². The lowest BCUT2D eigenvalue weighted by Crippen LogP contribution is -2.51. The Kier molecular flexibility index (Phi) is 18.2. The minimum absolute atomic E-state index is 0. The van der Waals surface area contributed by atoms with Crippen molar-refractivity contribution in [1.29, 1.82) is 0 Å². The molecule has 2 aliphatic carbocycles. The van der Waals surface area contributed by atoms with E-state index in [1.54, 1.807) is 28.3 Å². The average molecular weight is 1230 g/mol. The number of ether oxygens (including phenoxy) is 2. The number of nitrogens with zero attached hydrogens (tertiary/aromatic N) is 16. The molecule has 1 N–H and O–H groups in total. The summed E-state index contributed by atoms with van der Waals surface area (Å²) in [6.45, 7) is 6.06. The highest BCUT2D eigenvalue weighted by atomic mass is 32.2. The first-order valence-corrected chi connectivity index (χ1v) is 31.3. The molecule has 6 aromatic heterocycles. The Morgan fingerprint density at radius 2 is 0.944 bits per heavy atom. The quantitative estimate of drug-likeness (QED) is 0.108. The molecule has 90 heavy (non-hydrogen) atoms. The molecule has 8 heterocycles. The van der Waals surface area contributed by atoms with Gasteiger partial charge in [0.25, 0.3) is 10.2 Å². The maximum Gasteiger partial charge on any atom is 0.281 e. The number of aromatic nitrogens is 12. The zero-order chi connectivity index (χ0) is 60.8. The van der Waals surface area contributed by atoms with Gasteiger partial charge >= 0.3 is 0 Å². The van der Waals surface area contributed by atoms with Gasteiger partial charge in [0.2, 0.25) is 0 Å². The number of rotatable bonds is 14. The first-order valence-electron chi connectivity index (χ1n) is 29.9. The molecular weight excluding hydrogens is 1150 g/mol. The van der Waals surface area contributed by atoms with Gasteiger partial charge in [0.05, 0.1) is 60.8 Å². The van der Waals surface area contributed by atoms with Crippen LogP contribution in [0.1, 0.15) is 60.1 Å². The highest BCUT2D eigenvalue weighted by Gasteiger charge is 2.32. The molecule has 0 unspecified atom stereocenters. The fraction of sp³-hybridized carbons (Fsp3) is 0.353. The van der Waals surface area contributed by atoms with Crippen molar-refractivity contribution in [2.75, 3.05) is 90.5 Å².